The van der Waals surface area contributed by atoms with Crippen molar-refractivity contribution < 1.29 is 4.79 Å². The van der Waals surface area contributed by atoms with Crippen LogP contribution in [0.2, 0.25) is 0 Å². The number of anilines is 3. The third-order valence-electron chi connectivity index (χ3n) is 3.96. The van der Waals surface area contributed by atoms with E-state index in [2.05, 4.69) is 15.3 Å². The zero-order chi connectivity index (χ0) is 17.8. The summed E-state index contributed by atoms with van der Waals surface area (Å²) in [5, 5.41) is 2.93. The highest BCUT2D eigenvalue weighted by molar-refractivity contribution is 6.03. The number of aryl methyl sites for hydroxylation is 2. The van der Waals surface area contributed by atoms with E-state index in [9.17, 15) is 4.79 Å². The van der Waals surface area contributed by atoms with Crippen LogP contribution in [0.5, 0.6) is 0 Å². The zero-order valence-electron chi connectivity index (χ0n) is 14.5. The van der Waals surface area contributed by atoms with E-state index in [-0.39, 0.29) is 5.91 Å². The molecule has 0 aliphatic heterocycles. The molecule has 0 bridgehead atoms. The average molecular weight is 332 g/mol. The molecule has 0 atom stereocenters. The number of amides is 1. The Morgan fingerprint density at radius 3 is 2.56 bits per heavy atom. The molecule has 0 fully saturated rings. The molecular formula is C20H20N4O. The molecule has 25 heavy (non-hydrogen) atoms. The van der Waals surface area contributed by atoms with E-state index in [1.165, 1.54) is 0 Å². The fourth-order valence-corrected chi connectivity index (χ4v) is 2.46. The van der Waals surface area contributed by atoms with Crippen LogP contribution in [0, 0.1) is 13.8 Å². The second-order valence-corrected chi connectivity index (χ2v) is 5.91. The fraction of sp³-hybridized carbons (Fsp3) is 0.150. The van der Waals surface area contributed by atoms with E-state index in [1.54, 1.807) is 12.3 Å². The first-order valence-corrected chi connectivity index (χ1v) is 8.05. The van der Waals surface area contributed by atoms with Crippen molar-refractivity contribution in [2.45, 2.75) is 13.8 Å². The van der Waals surface area contributed by atoms with Gasteiger partial charge in [-0.3, -0.25) is 4.79 Å². The largest absolute Gasteiger partial charge is 0.320 e. The molecule has 5 nitrogen and oxygen atoms in total. The van der Waals surface area contributed by atoms with E-state index in [1.807, 2.05) is 74.3 Å². The Morgan fingerprint density at radius 2 is 1.80 bits per heavy atom. The third-order valence-corrected chi connectivity index (χ3v) is 3.96. The standard InChI is InChI=1S/C20H20N4O/c1-14-9-10-15(2)18(13-14)22-19(25)17-11-12-21-20(23-17)24(3)16-7-5-4-6-8-16/h4-13H,1-3H3,(H,22,25). The molecule has 0 radical (unpaired) electrons. The summed E-state index contributed by atoms with van der Waals surface area (Å²) in [6.07, 6.45) is 1.60. The molecule has 2 aromatic carbocycles. The number of benzene rings is 2. The molecule has 0 aliphatic rings. The maximum absolute atomic E-state index is 12.6. The first kappa shape index (κ1) is 16.6. The lowest BCUT2D eigenvalue weighted by atomic mass is 10.1. The van der Waals surface area contributed by atoms with Crippen LogP contribution in [0.1, 0.15) is 21.6 Å². The van der Waals surface area contributed by atoms with Crippen molar-refractivity contribution in [2.75, 3.05) is 17.3 Å². The predicted octanol–water partition coefficient (Wildman–Crippen LogP) is 4.11. The van der Waals surface area contributed by atoms with E-state index in [4.69, 9.17) is 0 Å². The summed E-state index contributed by atoms with van der Waals surface area (Å²) in [4.78, 5) is 23.1. The third kappa shape index (κ3) is 3.83. The molecule has 3 rings (SSSR count). The van der Waals surface area contributed by atoms with E-state index in [0.29, 0.717) is 11.6 Å². The second kappa shape index (κ2) is 7.13. The van der Waals surface area contributed by atoms with E-state index in [0.717, 1.165) is 22.5 Å². The number of rotatable bonds is 4. The highest BCUT2D eigenvalue weighted by atomic mass is 16.1. The van der Waals surface area contributed by atoms with Crippen LogP contribution in [-0.4, -0.2) is 22.9 Å². The second-order valence-electron chi connectivity index (χ2n) is 5.91. The number of aromatic nitrogens is 2. The summed E-state index contributed by atoms with van der Waals surface area (Å²) in [5.41, 5.74) is 4.17. The average Bonchev–Trinajstić information content (AvgIpc) is 2.65. The van der Waals surface area contributed by atoms with Crippen molar-refractivity contribution >= 4 is 23.2 Å². The van der Waals surface area contributed by atoms with Gasteiger partial charge in [0.25, 0.3) is 5.91 Å². The smallest absolute Gasteiger partial charge is 0.274 e. The maximum atomic E-state index is 12.6. The maximum Gasteiger partial charge on any atom is 0.274 e. The fourth-order valence-electron chi connectivity index (χ4n) is 2.46. The molecular weight excluding hydrogens is 312 g/mol. The molecule has 3 aromatic rings. The van der Waals surface area contributed by atoms with Crippen LogP contribution in [-0.2, 0) is 0 Å². The summed E-state index contributed by atoms with van der Waals surface area (Å²) >= 11 is 0. The van der Waals surface area contributed by atoms with Crippen molar-refractivity contribution in [1.29, 1.82) is 0 Å². The Morgan fingerprint density at radius 1 is 1.04 bits per heavy atom. The van der Waals surface area contributed by atoms with Crippen molar-refractivity contribution in [2.24, 2.45) is 0 Å². The summed E-state index contributed by atoms with van der Waals surface area (Å²) in [5.74, 6) is 0.221. The number of hydrogen-bond acceptors (Lipinski definition) is 4. The van der Waals surface area contributed by atoms with Gasteiger partial charge in [0.05, 0.1) is 0 Å². The topological polar surface area (TPSA) is 58.1 Å². The SMILES string of the molecule is Cc1ccc(C)c(NC(=O)c2ccnc(N(C)c3ccccc3)n2)c1. The Bertz CT molecular complexity index is 893. The molecule has 0 saturated carbocycles. The number of para-hydroxylation sites is 1. The Kier molecular flexibility index (Phi) is 4.75. The summed E-state index contributed by atoms with van der Waals surface area (Å²) in [6, 6.07) is 17.3. The van der Waals surface area contributed by atoms with Crippen molar-refractivity contribution in [3.63, 3.8) is 0 Å². The predicted molar refractivity (Wildman–Crippen MR) is 100 cm³/mol. The Labute approximate surface area is 147 Å². The van der Waals surface area contributed by atoms with Gasteiger partial charge in [0.1, 0.15) is 5.69 Å². The van der Waals surface area contributed by atoms with Gasteiger partial charge >= 0.3 is 0 Å². The molecule has 0 unspecified atom stereocenters. The van der Waals surface area contributed by atoms with Gasteiger partial charge in [-0.25, -0.2) is 9.97 Å². The molecule has 126 valence electrons. The molecule has 1 aromatic heterocycles. The first-order valence-electron chi connectivity index (χ1n) is 8.05. The number of carbonyl (C=O) groups is 1. The van der Waals surface area contributed by atoms with E-state index >= 15 is 0 Å². The number of nitrogens with zero attached hydrogens (tertiary/aromatic N) is 3. The highest BCUT2D eigenvalue weighted by Gasteiger charge is 2.13. The van der Waals surface area contributed by atoms with Crippen molar-refractivity contribution in [3.8, 4) is 0 Å². The lowest BCUT2D eigenvalue weighted by molar-refractivity contribution is 0.102. The van der Waals surface area contributed by atoms with Gasteiger partial charge in [0.15, 0.2) is 0 Å². The Hall–Kier alpha value is -3.21. The molecule has 0 saturated heterocycles. The summed E-state index contributed by atoms with van der Waals surface area (Å²) in [7, 11) is 1.87. The van der Waals surface area contributed by atoms with Crippen LogP contribution in [0.4, 0.5) is 17.3 Å². The number of carbonyl (C=O) groups excluding carboxylic acids is 1. The van der Waals surface area contributed by atoms with Crippen molar-refractivity contribution in [1.82, 2.24) is 9.97 Å². The van der Waals surface area contributed by atoms with Crippen LogP contribution >= 0.6 is 0 Å². The quantitative estimate of drug-likeness (QED) is 0.781. The monoisotopic (exact) mass is 332 g/mol. The van der Waals surface area contributed by atoms with Crippen LogP contribution in [0.25, 0.3) is 0 Å². The van der Waals surface area contributed by atoms with Crippen molar-refractivity contribution in [3.05, 3.63) is 77.6 Å². The molecule has 0 spiro atoms. The molecule has 1 amide bonds. The number of hydrogen-bond donors (Lipinski definition) is 1. The van der Waals surface area contributed by atoms with E-state index < -0.39 is 0 Å². The van der Waals surface area contributed by atoms with Gasteiger partial charge in [0, 0.05) is 24.6 Å². The van der Waals surface area contributed by atoms with Gasteiger partial charge in [0.2, 0.25) is 5.95 Å². The lowest BCUT2D eigenvalue weighted by Crippen LogP contribution is -2.18. The molecule has 1 N–H and O–H groups in total. The van der Waals surface area contributed by atoms with Crippen LogP contribution < -0.4 is 10.2 Å². The molecule has 5 heteroatoms. The number of nitrogens with one attached hydrogen (secondary N) is 1. The summed E-state index contributed by atoms with van der Waals surface area (Å²) in [6.45, 7) is 3.95. The zero-order valence-corrected chi connectivity index (χ0v) is 14.5. The molecule has 1 heterocycles. The minimum atomic E-state index is -0.251. The Balaban J connectivity index is 1.83. The normalized spacial score (nSPS) is 10.4. The van der Waals surface area contributed by atoms with Crippen LogP contribution in [0.15, 0.2) is 60.8 Å². The highest BCUT2D eigenvalue weighted by Crippen LogP contribution is 2.20. The minimum absolute atomic E-state index is 0.251. The van der Waals surface area contributed by atoms with Gasteiger partial charge in [-0.15, -0.1) is 0 Å². The lowest BCUT2D eigenvalue weighted by Gasteiger charge is -2.17. The minimum Gasteiger partial charge on any atom is -0.320 e. The summed E-state index contributed by atoms with van der Waals surface area (Å²) < 4.78 is 0. The van der Waals surface area contributed by atoms with Gasteiger partial charge in [-0.2, -0.15) is 0 Å². The van der Waals surface area contributed by atoms with Crippen LogP contribution in [0.3, 0.4) is 0 Å². The molecule has 0 aliphatic carbocycles. The first-order chi connectivity index (χ1) is 12.0. The van der Waals surface area contributed by atoms with Gasteiger partial charge in [-0.1, -0.05) is 30.3 Å². The van der Waals surface area contributed by atoms with Gasteiger partial charge in [-0.05, 0) is 49.2 Å². The van der Waals surface area contributed by atoms with Gasteiger partial charge < -0.3 is 10.2 Å².